The molecule has 0 aromatic heterocycles. The lowest BCUT2D eigenvalue weighted by Crippen LogP contribution is -2.40. The zero-order chi connectivity index (χ0) is 22.8. The number of hydrogen-bond donors (Lipinski definition) is 0. The molecule has 0 amide bonds. The van der Waals surface area contributed by atoms with E-state index >= 15 is 0 Å². The van der Waals surface area contributed by atoms with Crippen LogP contribution in [0.2, 0.25) is 0 Å². The van der Waals surface area contributed by atoms with Gasteiger partial charge in [0.1, 0.15) is 0 Å². The molecule has 1 aliphatic heterocycles. The van der Waals surface area contributed by atoms with E-state index in [4.69, 9.17) is 18.6 Å². The van der Waals surface area contributed by atoms with Crippen LogP contribution in [0.25, 0.3) is 0 Å². The smallest absolute Gasteiger partial charge is 0.344 e. The number of ether oxygens (including phenoxy) is 1. The largest absolute Gasteiger partial charge is 0.465 e. The van der Waals surface area contributed by atoms with E-state index in [1.54, 1.807) is 18.9 Å². The molecule has 0 N–H and O–H groups in total. The first-order valence-electron chi connectivity index (χ1n) is 11.1. The van der Waals surface area contributed by atoms with E-state index in [0.717, 1.165) is 12.8 Å². The van der Waals surface area contributed by atoms with Crippen LogP contribution in [0, 0.1) is 11.3 Å². The zero-order valence-electron chi connectivity index (χ0n) is 19.5. The average molecular weight is 450 g/mol. The number of hydroxylamine groups is 2. The second-order valence-corrected chi connectivity index (χ2v) is 10.9. The van der Waals surface area contributed by atoms with Crippen LogP contribution in [0.15, 0.2) is 0 Å². The number of piperidine rings is 1. The first kappa shape index (κ1) is 27.1. The molecule has 1 heterocycles. The fourth-order valence-corrected chi connectivity index (χ4v) is 5.19. The van der Waals surface area contributed by atoms with Crippen molar-refractivity contribution in [2.45, 2.75) is 79.3 Å². The van der Waals surface area contributed by atoms with Crippen molar-refractivity contribution in [1.29, 1.82) is 0 Å². The molecule has 30 heavy (non-hydrogen) atoms. The van der Waals surface area contributed by atoms with Crippen molar-refractivity contribution in [3.8, 4) is 0 Å². The minimum atomic E-state index is -3.63. The van der Waals surface area contributed by atoms with E-state index < -0.39 is 24.6 Å². The Morgan fingerprint density at radius 2 is 1.63 bits per heavy atom. The van der Waals surface area contributed by atoms with Gasteiger partial charge in [-0.05, 0) is 66.2 Å². The molecule has 1 aliphatic rings. The fourth-order valence-electron chi connectivity index (χ4n) is 3.15. The quantitative estimate of drug-likeness (QED) is 0.243. The molecule has 0 aliphatic carbocycles. The maximum Gasteiger partial charge on any atom is 0.344 e. The summed E-state index contributed by atoms with van der Waals surface area (Å²) in [6, 6.07) is 0. The van der Waals surface area contributed by atoms with Crippen molar-refractivity contribution in [3.63, 3.8) is 0 Å². The molecule has 1 rings (SSSR count). The summed E-state index contributed by atoms with van der Waals surface area (Å²) in [4.78, 5) is 30.3. The van der Waals surface area contributed by atoms with Gasteiger partial charge in [-0.15, -0.1) is 5.06 Å². The number of hydrogen-bond acceptors (Lipinski definition) is 8. The van der Waals surface area contributed by atoms with Crippen molar-refractivity contribution in [2.24, 2.45) is 11.3 Å². The topological polar surface area (TPSA) is 91.4 Å². The van der Waals surface area contributed by atoms with Crippen LogP contribution in [-0.4, -0.2) is 55.6 Å². The van der Waals surface area contributed by atoms with Crippen molar-refractivity contribution in [1.82, 2.24) is 5.06 Å². The van der Waals surface area contributed by atoms with Crippen LogP contribution < -0.4 is 0 Å². The third-order valence-electron chi connectivity index (χ3n) is 4.97. The highest BCUT2D eigenvalue weighted by molar-refractivity contribution is 7.55. The summed E-state index contributed by atoms with van der Waals surface area (Å²) in [6.07, 6.45) is 3.45. The van der Waals surface area contributed by atoms with Crippen LogP contribution >= 0.6 is 7.60 Å². The van der Waals surface area contributed by atoms with Gasteiger partial charge in [0.15, 0.2) is 5.66 Å². The molecule has 0 saturated carbocycles. The fraction of sp³-hybridized carbons (Fsp3) is 0.905. The number of carbonyl (C=O) groups is 2. The lowest BCUT2D eigenvalue weighted by molar-refractivity contribution is -0.206. The number of rotatable bonds is 12. The van der Waals surface area contributed by atoms with Crippen molar-refractivity contribution in [2.75, 3.05) is 32.9 Å². The van der Waals surface area contributed by atoms with Crippen LogP contribution in [0.1, 0.15) is 73.6 Å². The maximum atomic E-state index is 13.4. The highest BCUT2D eigenvalue weighted by atomic mass is 31.2. The SMILES string of the molecule is CCCCOC(=O)C(CC1CCN(OC(=O)C(C)(C)C)CC1)P(=O)(OCC)OCC. The van der Waals surface area contributed by atoms with Gasteiger partial charge in [-0.1, -0.05) is 13.3 Å². The molecule has 1 saturated heterocycles. The summed E-state index contributed by atoms with van der Waals surface area (Å²) < 4.78 is 29.7. The summed E-state index contributed by atoms with van der Waals surface area (Å²) in [6.45, 7) is 12.7. The Kier molecular flexibility index (Phi) is 11.6. The first-order valence-corrected chi connectivity index (χ1v) is 12.7. The predicted molar refractivity (Wildman–Crippen MR) is 115 cm³/mol. The van der Waals surface area contributed by atoms with Crippen molar-refractivity contribution >= 4 is 19.5 Å². The van der Waals surface area contributed by atoms with E-state index in [1.165, 1.54) is 0 Å². The summed E-state index contributed by atoms with van der Waals surface area (Å²) in [5, 5.41) is 1.67. The minimum absolute atomic E-state index is 0.132. The Balaban J connectivity index is 2.79. The molecule has 176 valence electrons. The Morgan fingerprint density at radius 3 is 2.10 bits per heavy atom. The van der Waals surface area contributed by atoms with Gasteiger partial charge >= 0.3 is 19.5 Å². The number of esters is 1. The highest BCUT2D eigenvalue weighted by Crippen LogP contribution is 2.55. The van der Waals surface area contributed by atoms with Crippen LogP contribution in [-0.2, 0) is 32.8 Å². The van der Waals surface area contributed by atoms with Crippen LogP contribution in [0.4, 0.5) is 0 Å². The Bertz CT molecular complexity index is 572. The molecular weight excluding hydrogens is 409 g/mol. The average Bonchev–Trinajstić information content (AvgIpc) is 2.67. The molecule has 8 nitrogen and oxygen atoms in total. The Morgan fingerprint density at radius 1 is 1.07 bits per heavy atom. The maximum absolute atomic E-state index is 13.4. The number of nitrogens with zero attached hydrogens (tertiary/aromatic N) is 1. The lowest BCUT2D eigenvalue weighted by Gasteiger charge is -2.34. The minimum Gasteiger partial charge on any atom is -0.465 e. The molecular formula is C21H40NO7P. The summed E-state index contributed by atoms with van der Waals surface area (Å²) in [7, 11) is -3.63. The third kappa shape index (κ3) is 8.66. The van der Waals surface area contributed by atoms with Crippen LogP contribution in [0.5, 0.6) is 0 Å². The van der Waals surface area contributed by atoms with Gasteiger partial charge in [0.2, 0.25) is 0 Å². The molecule has 1 unspecified atom stereocenters. The monoisotopic (exact) mass is 449 g/mol. The molecule has 1 fully saturated rings. The van der Waals surface area contributed by atoms with Gasteiger partial charge < -0.3 is 18.6 Å². The first-order chi connectivity index (χ1) is 14.1. The van der Waals surface area contributed by atoms with E-state index in [-0.39, 0.29) is 25.1 Å². The predicted octanol–water partition coefficient (Wildman–Crippen LogP) is 4.57. The molecule has 0 aromatic rings. The van der Waals surface area contributed by atoms with E-state index in [2.05, 4.69) is 0 Å². The summed E-state index contributed by atoms with van der Waals surface area (Å²) in [5.74, 6) is -0.654. The standard InChI is InChI=1S/C21H40NO7P/c1-7-10-15-26-19(23)18(30(25,27-8-2)28-9-3)16-17-11-13-22(14-12-17)29-20(24)21(4,5)6/h17-18H,7-16H2,1-6H3. The van der Waals surface area contributed by atoms with E-state index in [1.807, 2.05) is 27.7 Å². The summed E-state index contributed by atoms with van der Waals surface area (Å²) in [5.41, 5.74) is -1.51. The van der Waals surface area contributed by atoms with Gasteiger partial charge in [0, 0.05) is 13.1 Å². The molecule has 0 bridgehead atoms. The van der Waals surface area contributed by atoms with E-state index in [9.17, 15) is 14.2 Å². The Labute approximate surface area is 181 Å². The third-order valence-corrected chi connectivity index (χ3v) is 7.39. The molecule has 0 spiro atoms. The van der Waals surface area contributed by atoms with Gasteiger partial charge in [0.25, 0.3) is 0 Å². The normalized spacial score (nSPS) is 17.5. The number of carbonyl (C=O) groups excluding carboxylic acids is 2. The van der Waals surface area contributed by atoms with Crippen molar-refractivity contribution in [3.05, 3.63) is 0 Å². The van der Waals surface area contributed by atoms with E-state index in [0.29, 0.717) is 39.0 Å². The Hall–Kier alpha value is -0.950. The van der Waals surface area contributed by atoms with Gasteiger partial charge in [-0.3, -0.25) is 9.36 Å². The van der Waals surface area contributed by atoms with Gasteiger partial charge in [-0.25, -0.2) is 4.79 Å². The highest BCUT2D eigenvalue weighted by Gasteiger charge is 2.44. The lowest BCUT2D eigenvalue weighted by atomic mass is 9.92. The van der Waals surface area contributed by atoms with Crippen LogP contribution in [0.3, 0.4) is 0 Å². The second-order valence-electron chi connectivity index (χ2n) is 8.65. The molecule has 1 atom stereocenters. The summed E-state index contributed by atoms with van der Waals surface area (Å²) >= 11 is 0. The van der Waals surface area contributed by atoms with Crippen molar-refractivity contribution < 1.29 is 32.8 Å². The molecule has 9 heteroatoms. The zero-order valence-corrected chi connectivity index (χ0v) is 20.4. The molecule has 0 aromatic carbocycles. The number of unbranched alkanes of at least 4 members (excludes halogenated alkanes) is 1. The second kappa shape index (κ2) is 12.8. The molecule has 0 radical (unpaired) electrons. The van der Waals surface area contributed by atoms with Gasteiger partial charge in [0.05, 0.1) is 25.2 Å². The van der Waals surface area contributed by atoms with Gasteiger partial charge in [-0.2, -0.15) is 0 Å².